The Morgan fingerprint density at radius 1 is 0.739 bits per heavy atom. The minimum Gasteiger partial charge on any atom is -0.508 e. The monoisotopic (exact) mass is 1270 g/mol. The van der Waals surface area contributed by atoms with E-state index >= 15 is 9.59 Å². The number of aliphatic imine (C=N–C) groups is 1. The number of H-pyrrole nitrogens is 1. The van der Waals surface area contributed by atoms with Crippen LogP contribution in [0.3, 0.4) is 0 Å². The van der Waals surface area contributed by atoms with Gasteiger partial charge in [0.15, 0.2) is 11.7 Å². The van der Waals surface area contributed by atoms with Gasteiger partial charge in [-0.2, -0.15) is 0 Å². The number of nitrogens with zero attached hydrogens (tertiary/aromatic N) is 6. The van der Waals surface area contributed by atoms with Gasteiger partial charge in [0.25, 0.3) is 5.91 Å². The highest BCUT2D eigenvalue weighted by Gasteiger charge is 2.41. The van der Waals surface area contributed by atoms with Crippen molar-refractivity contribution in [1.29, 1.82) is 0 Å². The molecule has 0 aliphatic carbocycles. The van der Waals surface area contributed by atoms with Crippen molar-refractivity contribution in [3.05, 3.63) is 126 Å². The number of aliphatic hydroxyl groups is 1. The Morgan fingerprint density at radius 3 is 2.02 bits per heavy atom. The molecule has 0 unspecified atom stereocenters. The number of aromatic nitrogens is 2. The first-order valence-corrected chi connectivity index (χ1v) is 30.7. The van der Waals surface area contributed by atoms with E-state index in [1.807, 2.05) is 32.0 Å². The van der Waals surface area contributed by atoms with E-state index in [4.69, 9.17) is 17.2 Å². The fourth-order valence-corrected chi connectivity index (χ4v) is 11.0. The van der Waals surface area contributed by atoms with Crippen LogP contribution in [0.4, 0.5) is 5.69 Å². The zero-order valence-corrected chi connectivity index (χ0v) is 52.9. The average molecular weight is 1270 g/mol. The van der Waals surface area contributed by atoms with E-state index in [2.05, 4.69) is 41.5 Å². The molecule has 9 amide bonds. The van der Waals surface area contributed by atoms with Gasteiger partial charge in [0, 0.05) is 83.1 Å². The van der Waals surface area contributed by atoms with Gasteiger partial charge in [-0.1, -0.05) is 74.5 Å². The molecule has 1 fully saturated rings. The second-order valence-corrected chi connectivity index (χ2v) is 23.4. The molecule has 0 spiro atoms. The van der Waals surface area contributed by atoms with Crippen LogP contribution in [-0.4, -0.2) is 195 Å². The highest BCUT2D eigenvalue weighted by atomic mass is 16.3. The van der Waals surface area contributed by atoms with Crippen LogP contribution in [0.15, 0.2) is 115 Å². The Hall–Kier alpha value is -9.76. The fraction of sp³-hybridized carbons (Fsp3) is 0.446. The number of carbonyl (C=O) groups excluding carboxylic acids is 10. The maximum Gasteiger partial charge on any atom is 0.250 e. The molecule has 6 rings (SSSR count). The first kappa shape index (κ1) is 71.3. The number of benzene rings is 3. The molecule has 5 aromatic rings. The summed E-state index contributed by atoms with van der Waals surface area (Å²) < 4.78 is 0. The van der Waals surface area contributed by atoms with E-state index in [0.29, 0.717) is 34.9 Å². The lowest BCUT2D eigenvalue weighted by molar-refractivity contribution is -0.144. The number of anilines is 1. The molecule has 27 nitrogen and oxygen atoms in total. The summed E-state index contributed by atoms with van der Waals surface area (Å²) in [6.07, 6.45) is 5.37. The van der Waals surface area contributed by atoms with Gasteiger partial charge in [0.05, 0.1) is 31.1 Å². The molecule has 1 aliphatic rings. The zero-order valence-electron chi connectivity index (χ0n) is 52.9. The second kappa shape index (κ2) is 34.4. The maximum absolute atomic E-state index is 15.5. The molecule has 0 radical (unpaired) electrons. The van der Waals surface area contributed by atoms with Crippen molar-refractivity contribution in [3.63, 3.8) is 0 Å². The summed E-state index contributed by atoms with van der Waals surface area (Å²) >= 11 is 0. The van der Waals surface area contributed by atoms with E-state index in [0.717, 1.165) is 15.3 Å². The number of nitrogens with two attached hydrogens (primary N) is 3. The molecule has 0 bridgehead atoms. The zero-order chi connectivity index (χ0) is 67.2. The van der Waals surface area contributed by atoms with Crippen LogP contribution in [0.1, 0.15) is 82.9 Å². The average Bonchev–Trinajstić information content (AvgIpc) is 1.28. The molecule has 494 valence electrons. The Balaban J connectivity index is 1.31. The van der Waals surface area contributed by atoms with Gasteiger partial charge in [-0.3, -0.25) is 62.8 Å². The maximum atomic E-state index is 15.5. The highest BCUT2D eigenvalue weighted by Crippen LogP contribution is 2.25. The lowest BCUT2D eigenvalue weighted by Crippen LogP contribution is -2.62. The third kappa shape index (κ3) is 20.1. The summed E-state index contributed by atoms with van der Waals surface area (Å²) in [6, 6.07) is 14.1. The predicted molar refractivity (Wildman–Crippen MR) is 345 cm³/mol. The number of phenols is 1. The predicted octanol–water partition coefficient (Wildman–Crippen LogP) is 0.448. The number of guanidine groups is 1. The Morgan fingerprint density at radius 2 is 1.37 bits per heavy atom. The van der Waals surface area contributed by atoms with Crippen molar-refractivity contribution in [1.82, 2.24) is 51.3 Å². The number of fused-ring (bicyclic) bond motifs is 1. The van der Waals surface area contributed by atoms with Gasteiger partial charge in [0.1, 0.15) is 48.0 Å². The van der Waals surface area contributed by atoms with Crippen molar-refractivity contribution in [2.24, 2.45) is 28.1 Å². The molecule has 1 saturated heterocycles. The summed E-state index contributed by atoms with van der Waals surface area (Å²) in [4.78, 5) is 159. The number of hydrogen-bond acceptors (Lipinski definition) is 15. The van der Waals surface area contributed by atoms with Gasteiger partial charge >= 0.3 is 0 Å². The smallest absolute Gasteiger partial charge is 0.250 e. The molecule has 8 atom stereocenters. The van der Waals surface area contributed by atoms with Crippen molar-refractivity contribution >= 4 is 81.5 Å². The van der Waals surface area contributed by atoms with E-state index in [-0.39, 0.29) is 100 Å². The van der Waals surface area contributed by atoms with Crippen LogP contribution >= 0.6 is 0 Å². The minimum atomic E-state index is -1.74. The number of pyridine rings is 1. The van der Waals surface area contributed by atoms with Crippen LogP contribution in [0, 0.1) is 5.92 Å². The largest absolute Gasteiger partial charge is 0.508 e. The number of aromatic amines is 1. The Kier molecular flexibility index (Phi) is 26.7. The summed E-state index contributed by atoms with van der Waals surface area (Å²) in [5, 5.41) is 36.0. The first-order valence-electron chi connectivity index (χ1n) is 30.7. The number of rotatable bonds is 33. The highest BCUT2D eigenvalue weighted by molar-refractivity contribution is 6.06. The van der Waals surface area contributed by atoms with E-state index in [1.54, 1.807) is 42.6 Å². The number of ketones is 1. The van der Waals surface area contributed by atoms with Crippen molar-refractivity contribution in [2.45, 2.75) is 134 Å². The number of likely N-dealkylation sites (N-methyl/N-ethyl adjacent to an activating group) is 2. The SMILES string of the molecule is CC(=O)N(C)CC(=O)N[C@H](Cc1ccccc1)C(=O)N[C@H](Cc1c[nH]c2ccccc12)C(=O)N(C)[C@@H](CO)C(=O)N[C@@H](Cc1ccc(O)cc1)C(=O)N(c1cccnc1)[C@H](C)C(=O)N[C@@H](CC(C)C)C(=O)N[C@@H](CCCN=C(N)N)C(=O)N1CCC[C@H]1C(=O)CCN. The molecular formula is C65H87N15O12. The minimum absolute atomic E-state index is 0.0265. The molecule has 92 heavy (non-hydrogen) atoms. The molecule has 0 saturated carbocycles. The lowest BCUT2D eigenvalue weighted by Gasteiger charge is -2.35. The molecule has 14 N–H and O–H groups in total. The van der Waals surface area contributed by atoms with Crippen LogP contribution in [0.5, 0.6) is 5.75 Å². The topological polar surface area (TPSA) is 403 Å². The van der Waals surface area contributed by atoms with Crippen molar-refractivity contribution < 1.29 is 58.2 Å². The molecule has 2 aromatic heterocycles. The fourth-order valence-electron chi connectivity index (χ4n) is 11.0. The number of aliphatic hydroxyl groups excluding tert-OH is 1. The number of amides is 9. The van der Waals surface area contributed by atoms with Gasteiger partial charge in [-0.25, -0.2) is 0 Å². The summed E-state index contributed by atoms with van der Waals surface area (Å²) in [5.74, 6) is -7.38. The lowest BCUT2D eigenvalue weighted by atomic mass is 10.00. The normalized spacial score (nSPS) is 15.1. The second-order valence-electron chi connectivity index (χ2n) is 23.4. The molecular weight excluding hydrogens is 1180 g/mol. The van der Waals surface area contributed by atoms with Crippen molar-refractivity contribution in [3.8, 4) is 5.75 Å². The van der Waals surface area contributed by atoms with Gasteiger partial charge in [-0.15, -0.1) is 0 Å². The van der Waals surface area contributed by atoms with E-state index in [9.17, 15) is 48.6 Å². The van der Waals surface area contributed by atoms with Gasteiger partial charge in [-0.05, 0) is 98.5 Å². The molecule has 27 heteroatoms. The summed E-state index contributed by atoms with van der Waals surface area (Å²) in [6.45, 7) is 5.44. The number of carbonyl (C=O) groups is 10. The van der Waals surface area contributed by atoms with E-state index < -0.39 is 108 Å². The van der Waals surface area contributed by atoms with Crippen LogP contribution in [0.2, 0.25) is 0 Å². The standard InChI is InChI=1S/C65H87N15O12/c1-39(2)31-50(59(87)73-49(20-13-29-70-65(67)68)63(91)79-30-14-21-54(79)56(84)26-27-66)74-58(86)40(3)80(45-17-12-28-69-36-45)64(92)52(33-43-22-24-46(83)25-23-43)76-61(89)55(38-81)78(6)62(90)53(34-44-35-71-48-19-11-10-18-47(44)48)75-60(88)51(32-42-15-8-7-9-16-42)72-57(85)37-77(5)41(4)82/h7-12,15-19,22-25,28,35-36,39-40,49-55,71,81,83H,13-14,20-21,26-27,29-34,37-38,66H2,1-6H3,(H,72,85)(H,73,87)(H,74,86)(H,75,88)(H,76,89)(H4,67,68,70)/t40-,49+,50+,51-,52+,53-,54+,55+/m1/s1. The summed E-state index contributed by atoms with van der Waals surface area (Å²) in [7, 11) is 2.67. The van der Waals surface area contributed by atoms with E-state index in [1.165, 1.54) is 86.5 Å². The third-order valence-electron chi connectivity index (χ3n) is 16.0. The van der Waals surface area contributed by atoms with Crippen LogP contribution < -0.4 is 48.7 Å². The quantitative estimate of drug-likeness (QED) is 0.0154. The number of hydrogen-bond donors (Lipinski definition) is 11. The van der Waals surface area contributed by atoms with Crippen LogP contribution in [-0.2, 0) is 67.2 Å². The van der Waals surface area contributed by atoms with Crippen molar-refractivity contribution in [2.75, 3.05) is 51.8 Å². The third-order valence-corrected chi connectivity index (χ3v) is 16.0. The molecule has 1 aliphatic heterocycles. The molecule has 3 aromatic carbocycles. The number of nitrogens with one attached hydrogen (secondary N) is 6. The van der Waals surface area contributed by atoms with Gasteiger partial charge in [0.2, 0.25) is 47.3 Å². The number of phenolic OH excluding ortho intramolecular Hbond substituents is 1. The number of para-hydroxylation sites is 1. The Bertz CT molecular complexity index is 3380. The number of Topliss-reactive ketones (excluding diaryl/α,β-unsaturated/α-hetero) is 1. The summed E-state index contributed by atoms with van der Waals surface area (Å²) in [5.41, 5.74) is 19.3. The first-order chi connectivity index (χ1) is 43.9. The van der Waals surface area contributed by atoms with Crippen LogP contribution in [0.25, 0.3) is 10.9 Å². The number of aromatic hydroxyl groups is 1. The molecule has 3 heterocycles. The number of likely N-dealkylation sites (tertiary alicyclic amines) is 1. The van der Waals surface area contributed by atoms with Gasteiger partial charge < -0.3 is 73.7 Å². The Labute approximate surface area is 534 Å².